The van der Waals surface area contributed by atoms with E-state index < -0.39 is 0 Å². The molecule has 1 aromatic rings. The number of hydrogen-bond donors (Lipinski definition) is 2. The maximum Gasteiger partial charge on any atom is 0.221 e. The maximum absolute atomic E-state index is 10.8. The second kappa shape index (κ2) is 4.31. The van der Waals surface area contributed by atoms with E-state index in [0.717, 1.165) is 24.5 Å². The second-order valence-corrected chi connectivity index (χ2v) is 3.60. The number of carbonyl (C=O) groups is 1. The standard InChI is InChI=1S/C11H14N2O2/c1-8(14)13-9-2-4-10(5-3-9)15-11-6-12-7-11/h2-5,11-12H,6-7H2,1H3,(H,13,14). The van der Waals surface area contributed by atoms with Gasteiger partial charge in [-0.1, -0.05) is 0 Å². The van der Waals surface area contributed by atoms with E-state index >= 15 is 0 Å². The van der Waals surface area contributed by atoms with Crippen LogP contribution in [0.15, 0.2) is 24.3 Å². The fourth-order valence-electron chi connectivity index (χ4n) is 1.36. The van der Waals surface area contributed by atoms with Gasteiger partial charge in [-0.2, -0.15) is 0 Å². The van der Waals surface area contributed by atoms with Crippen LogP contribution in [0.5, 0.6) is 5.75 Å². The van der Waals surface area contributed by atoms with Crippen LogP contribution in [0.2, 0.25) is 0 Å². The molecule has 0 radical (unpaired) electrons. The van der Waals surface area contributed by atoms with Crippen molar-refractivity contribution in [3.8, 4) is 5.75 Å². The van der Waals surface area contributed by atoms with Gasteiger partial charge in [0.15, 0.2) is 0 Å². The summed E-state index contributed by atoms with van der Waals surface area (Å²) in [6.45, 7) is 3.31. The fraction of sp³-hybridized carbons (Fsp3) is 0.364. The van der Waals surface area contributed by atoms with Crippen molar-refractivity contribution in [3.05, 3.63) is 24.3 Å². The highest BCUT2D eigenvalue weighted by Crippen LogP contribution is 2.17. The third-order valence-electron chi connectivity index (χ3n) is 2.22. The van der Waals surface area contributed by atoms with Crippen molar-refractivity contribution >= 4 is 11.6 Å². The maximum atomic E-state index is 10.8. The van der Waals surface area contributed by atoms with Gasteiger partial charge >= 0.3 is 0 Å². The van der Waals surface area contributed by atoms with Crippen LogP contribution < -0.4 is 15.4 Å². The topological polar surface area (TPSA) is 50.4 Å². The van der Waals surface area contributed by atoms with Crippen LogP contribution in [0.1, 0.15) is 6.92 Å². The van der Waals surface area contributed by atoms with Crippen molar-refractivity contribution in [2.75, 3.05) is 18.4 Å². The predicted molar refractivity (Wildman–Crippen MR) is 58.0 cm³/mol. The summed E-state index contributed by atoms with van der Waals surface area (Å²) in [5, 5.41) is 5.84. The van der Waals surface area contributed by atoms with Crippen molar-refractivity contribution in [1.82, 2.24) is 5.32 Å². The van der Waals surface area contributed by atoms with E-state index in [9.17, 15) is 4.79 Å². The molecule has 1 heterocycles. The van der Waals surface area contributed by atoms with Gasteiger partial charge in [0.05, 0.1) is 0 Å². The number of rotatable bonds is 3. The molecule has 0 saturated carbocycles. The van der Waals surface area contributed by atoms with Crippen LogP contribution in [-0.2, 0) is 4.79 Å². The van der Waals surface area contributed by atoms with E-state index in [1.165, 1.54) is 6.92 Å². The molecular weight excluding hydrogens is 192 g/mol. The Morgan fingerprint density at radius 3 is 2.53 bits per heavy atom. The first-order chi connectivity index (χ1) is 7.24. The Labute approximate surface area is 88.6 Å². The quantitative estimate of drug-likeness (QED) is 0.775. The van der Waals surface area contributed by atoms with Gasteiger partial charge in [0.2, 0.25) is 5.91 Å². The second-order valence-electron chi connectivity index (χ2n) is 3.60. The minimum absolute atomic E-state index is 0.0631. The molecule has 15 heavy (non-hydrogen) atoms. The van der Waals surface area contributed by atoms with Gasteiger partial charge in [0.1, 0.15) is 11.9 Å². The first-order valence-corrected chi connectivity index (χ1v) is 4.99. The van der Waals surface area contributed by atoms with Crippen molar-refractivity contribution in [2.45, 2.75) is 13.0 Å². The Hall–Kier alpha value is -1.55. The molecule has 1 fully saturated rings. The van der Waals surface area contributed by atoms with E-state index in [4.69, 9.17) is 4.74 Å². The Morgan fingerprint density at radius 1 is 1.40 bits per heavy atom. The molecule has 1 saturated heterocycles. The van der Waals surface area contributed by atoms with Crippen molar-refractivity contribution in [1.29, 1.82) is 0 Å². The summed E-state index contributed by atoms with van der Waals surface area (Å²) in [4.78, 5) is 10.8. The molecule has 0 atom stereocenters. The van der Waals surface area contributed by atoms with Gasteiger partial charge in [-0.3, -0.25) is 4.79 Å². The van der Waals surface area contributed by atoms with Crippen molar-refractivity contribution < 1.29 is 9.53 Å². The fourth-order valence-corrected chi connectivity index (χ4v) is 1.36. The summed E-state index contributed by atoms with van der Waals surface area (Å²) in [6, 6.07) is 7.40. The third kappa shape index (κ3) is 2.70. The lowest BCUT2D eigenvalue weighted by atomic mass is 10.2. The van der Waals surface area contributed by atoms with Crippen LogP contribution in [0.3, 0.4) is 0 Å². The molecule has 0 aromatic heterocycles. The summed E-state index contributed by atoms with van der Waals surface area (Å²) in [6.07, 6.45) is 0.289. The largest absolute Gasteiger partial charge is 0.488 e. The summed E-state index contributed by atoms with van der Waals surface area (Å²) < 4.78 is 5.64. The SMILES string of the molecule is CC(=O)Nc1ccc(OC2CNC2)cc1. The molecule has 80 valence electrons. The molecule has 0 unspecified atom stereocenters. The van der Waals surface area contributed by atoms with Crippen LogP contribution in [0.25, 0.3) is 0 Å². The van der Waals surface area contributed by atoms with Crippen molar-refractivity contribution in [3.63, 3.8) is 0 Å². The Balaban J connectivity index is 1.93. The highest BCUT2D eigenvalue weighted by Gasteiger charge is 2.17. The lowest BCUT2D eigenvalue weighted by molar-refractivity contribution is -0.114. The van der Waals surface area contributed by atoms with Gasteiger partial charge < -0.3 is 15.4 Å². The molecule has 1 aliphatic heterocycles. The summed E-state index contributed by atoms with van der Waals surface area (Å²) >= 11 is 0. The van der Waals surface area contributed by atoms with Crippen LogP contribution in [0, 0.1) is 0 Å². The van der Waals surface area contributed by atoms with Crippen LogP contribution >= 0.6 is 0 Å². The highest BCUT2D eigenvalue weighted by molar-refractivity contribution is 5.88. The van der Waals surface area contributed by atoms with E-state index in [2.05, 4.69) is 10.6 Å². The third-order valence-corrected chi connectivity index (χ3v) is 2.22. The molecule has 1 aromatic carbocycles. The van der Waals surface area contributed by atoms with Gasteiger partial charge in [-0.25, -0.2) is 0 Å². The molecule has 4 heteroatoms. The number of ether oxygens (including phenoxy) is 1. The molecule has 2 rings (SSSR count). The molecule has 0 spiro atoms. The average Bonchev–Trinajstić information content (AvgIpc) is 2.13. The average molecular weight is 206 g/mol. The first-order valence-electron chi connectivity index (χ1n) is 4.99. The number of benzene rings is 1. The summed E-state index contributed by atoms with van der Waals surface area (Å²) in [7, 11) is 0. The normalized spacial score (nSPS) is 15.5. The molecular formula is C11H14N2O2. The summed E-state index contributed by atoms with van der Waals surface area (Å²) in [5.41, 5.74) is 0.793. The smallest absolute Gasteiger partial charge is 0.221 e. The number of hydrogen-bond acceptors (Lipinski definition) is 3. The molecule has 1 amide bonds. The highest BCUT2D eigenvalue weighted by atomic mass is 16.5. The molecule has 2 N–H and O–H groups in total. The zero-order valence-electron chi connectivity index (χ0n) is 8.62. The zero-order chi connectivity index (χ0) is 10.7. The molecule has 0 bridgehead atoms. The monoisotopic (exact) mass is 206 g/mol. The first kappa shape index (κ1) is 9.98. The zero-order valence-corrected chi connectivity index (χ0v) is 8.62. The van der Waals surface area contributed by atoms with Gasteiger partial charge in [0, 0.05) is 25.7 Å². The number of nitrogens with one attached hydrogen (secondary N) is 2. The minimum Gasteiger partial charge on any atom is -0.488 e. The van der Waals surface area contributed by atoms with E-state index in [1.54, 1.807) is 0 Å². The van der Waals surface area contributed by atoms with Crippen molar-refractivity contribution in [2.24, 2.45) is 0 Å². The minimum atomic E-state index is -0.0631. The van der Waals surface area contributed by atoms with E-state index in [1.807, 2.05) is 24.3 Å². The number of carbonyl (C=O) groups excluding carboxylic acids is 1. The number of amides is 1. The predicted octanol–water partition coefficient (Wildman–Crippen LogP) is 0.996. The van der Waals surface area contributed by atoms with Gasteiger partial charge in [-0.15, -0.1) is 0 Å². The molecule has 0 aliphatic carbocycles. The number of anilines is 1. The molecule has 1 aliphatic rings. The van der Waals surface area contributed by atoms with Gasteiger partial charge in [-0.05, 0) is 24.3 Å². The Morgan fingerprint density at radius 2 is 2.07 bits per heavy atom. The van der Waals surface area contributed by atoms with E-state index in [0.29, 0.717) is 0 Å². The Kier molecular flexibility index (Phi) is 2.87. The van der Waals surface area contributed by atoms with Gasteiger partial charge in [0.25, 0.3) is 0 Å². The van der Waals surface area contributed by atoms with Crippen LogP contribution in [0.4, 0.5) is 5.69 Å². The van der Waals surface area contributed by atoms with E-state index in [-0.39, 0.29) is 12.0 Å². The molecule has 4 nitrogen and oxygen atoms in total. The van der Waals surface area contributed by atoms with Crippen LogP contribution in [-0.4, -0.2) is 25.1 Å². The Bertz CT molecular complexity index is 344. The summed E-state index contributed by atoms with van der Waals surface area (Å²) in [5.74, 6) is 0.780. The lowest BCUT2D eigenvalue weighted by Gasteiger charge is -2.27. The lowest BCUT2D eigenvalue weighted by Crippen LogP contribution is -2.50.